The Morgan fingerprint density at radius 2 is 1.77 bits per heavy atom. The maximum Gasteiger partial charge on any atom is 0.332 e. The summed E-state index contributed by atoms with van der Waals surface area (Å²) in [7, 11) is 4.79. The molecule has 0 aliphatic carbocycles. The van der Waals surface area contributed by atoms with E-state index in [0.717, 1.165) is 10.3 Å². The van der Waals surface area contributed by atoms with Gasteiger partial charge in [0.1, 0.15) is 0 Å². The Kier molecular flexibility index (Phi) is 4.99. The Morgan fingerprint density at radius 1 is 1.08 bits per heavy atom. The van der Waals surface area contributed by atoms with Crippen LogP contribution in [0.2, 0.25) is 0 Å². The number of hydrogen-bond acceptors (Lipinski definition) is 5. The first-order chi connectivity index (χ1) is 12.4. The number of anilines is 1. The van der Waals surface area contributed by atoms with Crippen molar-refractivity contribution in [3.05, 3.63) is 51.2 Å². The number of aryl methyl sites for hydroxylation is 2. The van der Waals surface area contributed by atoms with Crippen molar-refractivity contribution in [2.75, 3.05) is 11.1 Å². The SMILES string of the molecule is Cn1c(=O)c2nc(SCCC(=O)Nc3ccccc3)n(C)c2n(C)c1=O. The van der Waals surface area contributed by atoms with Crippen LogP contribution in [0.1, 0.15) is 6.42 Å². The molecule has 0 aliphatic heterocycles. The largest absolute Gasteiger partial charge is 0.332 e. The van der Waals surface area contributed by atoms with Crippen LogP contribution in [0.4, 0.5) is 5.69 Å². The fourth-order valence-corrected chi connectivity index (χ4v) is 3.57. The van der Waals surface area contributed by atoms with Gasteiger partial charge in [-0.2, -0.15) is 0 Å². The molecule has 2 aromatic heterocycles. The molecular formula is C17H19N5O3S. The van der Waals surface area contributed by atoms with Crippen molar-refractivity contribution < 1.29 is 4.79 Å². The molecule has 1 aromatic carbocycles. The van der Waals surface area contributed by atoms with Crippen molar-refractivity contribution in [1.82, 2.24) is 18.7 Å². The molecule has 0 radical (unpaired) electrons. The fourth-order valence-electron chi connectivity index (χ4n) is 2.67. The molecule has 8 nitrogen and oxygen atoms in total. The molecule has 2 heterocycles. The zero-order valence-corrected chi connectivity index (χ0v) is 15.5. The Bertz CT molecular complexity index is 1080. The van der Waals surface area contributed by atoms with Gasteiger partial charge in [0.25, 0.3) is 5.56 Å². The number of amides is 1. The number of benzene rings is 1. The molecule has 0 aliphatic rings. The highest BCUT2D eigenvalue weighted by Crippen LogP contribution is 2.21. The smallest absolute Gasteiger partial charge is 0.326 e. The number of para-hydroxylation sites is 1. The van der Waals surface area contributed by atoms with Gasteiger partial charge in [0.2, 0.25) is 5.91 Å². The van der Waals surface area contributed by atoms with E-state index < -0.39 is 11.2 Å². The standard InChI is InChI=1S/C17H19N5O3S/c1-20-14-13(15(24)22(3)17(25)21(14)2)19-16(20)26-10-9-12(23)18-11-7-5-4-6-8-11/h4-8H,9-10H2,1-3H3,(H,18,23). The summed E-state index contributed by atoms with van der Waals surface area (Å²) >= 11 is 1.37. The first-order valence-corrected chi connectivity index (χ1v) is 8.99. The van der Waals surface area contributed by atoms with Crippen molar-refractivity contribution in [3.8, 4) is 0 Å². The quantitative estimate of drug-likeness (QED) is 0.676. The minimum Gasteiger partial charge on any atom is -0.326 e. The van der Waals surface area contributed by atoms with Gasteiger partial charge >= 0.3 is 5.69 Å². The summed E-state index contributed by atoms with van der Waals surface area (Å²) in [4.78, 5) is 40.7. The molecule has 0 saturated carbocycles. The molecule has 0 saturated heterocycles. The van der Waals surface area contributed by atoms with Gasteiger partial charge in [-0.1, -0.05) is 30.0 Å². The molecule has 9 heteroatoms. The lowest BCUT2D eigenvalue weighted by atomic mass is 10.3. The molecule has 26 heavy (non-hydrogen) atoms. The topological polar surface area (TPSA) is 90.9 Å². The Morgan fingerprint density at radius 3 is 2.46 bits per heavy atom. The highest BCUT2D eigenvalue weighted by Gasteiger charge is 2.17. The molecule has 3 aromatic rings. The van der Waals surface area contributed by atoms with E-state index in [-0.39, 0.29) is 11.4 Å². The molecule has 0 spiro atoms. The molecule has 0 atom stereocenters. The van der Waals surface area contributed by atoms with E-state index in [2.05, 4.69) is 10.3 Å². The second-order valence-corrected chi connectivity index (χ2v) is 6.91. The third-order valence-electron chi connectivity index (χ3n) is 4.04. The van der Waals surface area contributed by atoms with Crippen molar-refractivity contribution in [2.45, 2.75) is 11.6 Å². The predicted molar refractivity (Wildman–Crippen MR) is 102 cm³/mol. The van der Waals surface area contributed by atoms with Crippen LogP contribution in [0.25, 0.3) is 11.2 Å². The minimum absolute atomic E-state index is 0.0919. The van der Waals surface area contributed by atoms with Crippen molar-refractivity contribution in [2.24, 2.45) is 21.1 Å². The lowest BCUT2D eigenvalue weighted by Gasteiger charge is -2.06. The van der Waals surface area contributed by atoms with Gasteiger partial charge in [0.15, 0.2) is 16.3 Å². The average Bonchev–Trinajstić information content (AvgIpc) is 2.96. The van der Waals surface area contributed by atoms with Gasteiger partial charge < -0.3 is 9.88 Å². The fraction of sp³-hybridized carbons (Fsp3) is 0.294. The summed E-state index contributed by atoms with van der Waals surface area (Å²) in [5, 5.41) is 3.41. The molecule has 1 N–H and O–H groups in total. The second-order valence-electron chi connectivity index (χ2n) is 5.84. The van der Waals surface area contributed by atoms with Crippen LogP contribution >= 0.6 is 11.8 Å². The van der Waals surface area contributed by atoms with Gasteiger partial charge in [0, 0.05) is 39.0 Å². The van der Waals surface area contributed by atoms with E-state index in [9.17, 15) is 14.4 Å². The van der Waals surface area contributed by atoms with E-state index in [1.54, 1.807) is 18.7 Å². The number of hydrogen-bond donors (Lipinski definition) is 1. The summed E-state index contributed by atoms with van der Waals surface area (Å²) < 4.78 is 4.14. The van der Waals surface area contributed by atoms with Gasteiger partial charge in [-0.3, -0.25) is 18.7 Å². The van der Waals surface area contributed by atoms with Crippen LogP contribution in [0.5, 0.6) is 0 Å². The number of nitrogens with one attached hydrogen (secondary N) is 1. The van der Waals surface area contributed by atoms with Crippen molar-refractivity contribution in [3.63, 3.8) is 0 Å². The Hall–Kier alpha value is -2.81. The molecule has 136 valence electrons. The average molecular weight is 373 g/mol. The number of carbonyl (C=O) groups excluding carboxylic acids is 1. The number of imidazole rings is 1. The zero-order valence-electron chi connectivity index (χ0n) is 14.7. The van der Waals surface area contributed by atoms with Crippen LogP contribution < -0.4 is 16.6 Å². The molecule has 1 amide bonds. The highest BCUT2D eigenvalue weighted by atomic mass is 32.2. The summed E-state index contributed by atoms with van der Waals surface area (Å²) in [5.74, 6) is 0.412. The van der Waals surface area contributed by atoms with E-state index >= 15 is 0 Å². The van der Waals surface area contributed by atoms with E-state index in [1.807, 2.05) is 30.3 Å². The zero-order chi connectivity index (χ0) is 18.8. The summed E-state index contributed by atoms with van der Waals surface area (Å²) in [6.45, 7) is 0. The number of fused-ring (bicyclic) bond motifs is 1. The maximum atomic E-state index is 12.3. The summed E-state index contributed by atoms with van der Waals surface area (Å²) in [6.07, 6.45) is 0.305. The van der Waals surface area contributed by atoms with Crippen LogP contribution in [-0.2, 0) is 25.9 Å². The first-order valence-electron chi connectivity index (χ1n) is 8.00. The number of carbonyl (C=O) groups is 1. The normalized spacial score (nSPS) is 11.0. The lowest BCUT2D eigenvalue weighted by molar-refractivity contribution is -0.115. The molecule has 0 unspecified atom stereocenters. The lowest BCUT2D eigenvalue weighted by Crippen LogP contribution is -2.37. The first kappa shape index (κ1) is 18.0. The van der Waals surface area contributed by atoms with E-state index in [0.29, 0.717) is 23.0 Å². The van der Waals surface area contributed by atoms with Crippen LogP contribution in [-0.4, -0.2) is 30.3 Å². The molecular weight excluding hydrogens is 354 g/mol. The summed E-state index contributed by atoms with van der Waals surface area (Å²) in [6, 6.07) is 9.25. The monoisotopic (exact) mass is 373 g/mol. The molecule has 0 fully saturated rings. The Labute approximate surface area is 153 Å². The van der Waals surface area contributed by atoms with Crippen molar-refractivity contribution >= 4 is 34.5 Å². The molecule has 3 rings (SSSR count). The third-order valence-corrected chi connectivity index (χ3v) is 5.07. The van der Waals surface area contributed by atoms with Crippen molar-refractivity contribution in [1.29, 1.82) is 0 Å². The predicted octanol–water partition coefficient (Wildman–Crippen LogP) is 1.09. The van der Waals surface area contributed by atoms with Crippen LogP contribution in [0.3, 0.4) is 0 Å². The second kappa shape index (κ2) is 7.20. The molecule has 0 bridgehead atoms. The van der Waals surface area contributed by atoms with E-state index in [1.165, 1.54) is 23.4 Å². The van der Waals surface area contributed by atoms with Crippen LogP contribution in [0.15, 0.2) is 45.1 Å². The minimum atomic E-state index is -0.424. The highest BCUT2D eigenvalue weighted by molar-refractivity contribution is 7.99. The van der Waals surface area contributed by atoms with Gasteiger partial charge in [0.05, 0.1) is 0 Å². The number of aromatic nitrogens is 4. The Balaban J connectivity index is 1.74. The maximum absolute atomic E-state index is 12.3. The van der Waals surface area contributed by atoms with Gasteiger partial charge in [-0.15, -0.1) is 0 Å². The third kappa shape index (κ3) is 3.30. The number of rotatable bonds is 5. The van der Waals surface area contributed by atoms with Gasteiger partial charge in [-0.25, -0.2) is 9.78 Å². The summed E-state index contributed by atoms with van der Waals surface area (Å²) in [5.41, 5.74) is 0.642. The van der Waals surface area contributed by atoms with E-state index in [4.69, 9.17) is 0 Å². The van der Waals surface area contributed by atoms with Gasteiger partial charge in [-0.05, 0) is 12.1 Å². The number of nitrogens with zero attached hydrogens (tertiary/aromatic N) is 4. The van der Waals surface area contributed by atoms with Crippen LogP contribution in [0, 0.1) is 0 Å². The number of thioether (sulfide) groups is 1.